The second kappa shape index (κ2) is 12.2. The fourth-order valence-corrected chi connectivity index (χ4v) is 4.10. The molecule has 0 bridgehead atoms. The number of methoxy groups -OCH3 is 1. The summed E-state index contributed by atoms with van der Waals surface area (Å²) in [6.07, 6.45) is 2.56. The topological polar surface area (TPSA) is 101 Å². The molecule has 2 heterocycles. The third-order valence-corrected chi connectivity index (χ3v) is 6.29. The van der Waals surface area contributed by atoms with Crippen LogP contribution in [0.15, 0.2) is 53.3 Å². The van der Waals surface area contributed by atoms with E-state index in [2.05, 4.69) is 27.0 Å². The molecule has 0 aliphatic carbocycles. The number of aromatic nitrogens is 3. The smallest absolute Gasteiger partial charge is 0.273 e. The monoisotopic (exact) mass is 491 g/mol. The summed E-state index contributed by atoms with van der Waals surface area (Å²) < 4.78 is 11.0. The molecule has 0 saturated carbocycles. The average Bonchev–Trinajstić information content (AvgIpc) is 2.93. The van der Waals surface area contributed by atoms with E-state index >= 15 is 0 Å². The maximum atomic E-state index is 12.8. The van der Waals surface area contributed by atoms with Gasteiger partial charge in [-0.15, -0.1) is 10.2 Å². The SMILES string of the molecule is CCCCOc1ccc(-c2nnc(CCC(=O)N3CCN(c4cccc(OC)c4)CC3)c(=O)[nH]2)cc1. The number of aryl methyl sites for hydroxylation is 1. The molecule has 1 amide bonds. The number of nitrogens with zero attached hydrogens (tertiary/aromatic N) is 4. The van der Waals surface area contributed by atoms with Gasteiger partial charge in [0.15, 0.2) is 5.82 Å². The van der Waals surface area contributed by atoms with Gasteiger partial charge in [0, 0.05) is 56.3 Å². The van der Waals surface area contributed by atoms with E-state index in [1.54, 1.807) is 7.11 Å². The Kier molecular flexibility index (Phi) is 8.54. The number of ether oxygens (including phenoxy) is 2. The summed E-state index contributed by atoms with van der Waals surface area (Å²) in [6, 6.07) is 15.3. The molecule has 0 atom stereocenters. The van der Waals surface area contributed by atoms with Crippen molar-refractivity contribution in [3.8, 4) is 22.9 Å². The second-order valence-corrected chi connectivity index (χ2v) is 8.75. The number of H-pyrrole nitrogens is 1. The van der Waals surface area contributed by atoms with E-state index in [1.807, 2.05) is 53.4 Å². The number of nitrogens with one attached hydrogen (secondary N) is 1. The summed E-state index contributed by atoms with van der Waals surface area (Å²) in [7, 11) is 1.65. The van der Waals surface area contributed by atoms with Crippen LogP contribution in [0.4, 0.5) is 5.69 Å². The zero-order valence-corrected chi connectivity index (χ0v) is 20.9. The van der Waals surface area contributed by atoms with Crippen LogP contribution in [0.3, 0.4) is 0 Å². The van der Waals surface area contributed by atoms with Crippen LogP contribution in [0.2, 0.25) is 0 Å². The predicted octanol–water partition coefficient (Wildman–Crippen LogP) is 3.30. The van der Waals surface area contributed by atoms with Gasteiger partial charge in [-0.25, -0.2) is 0 Å². The van der Waals surface area contributed by atoms with E-state index < -0.39 is 0 Å². The Morgan fingerprint density at radius 3 is 2.50 bits per heavy atom. The Hall–Kier alpha value is -3.88. The van der Waals surface area contributed by atoms with Crippen LogP contribution in [-0.4, -0.2) is 65.9 Å². The summed E-state index contributed by atoms with van der Waals surface area (Å²) in [4.78, 5) is 32.2. The van der Waals surface area contributed by atoms with E-state index in [1.165, 1.54) is 0 Å². The summed E-state index contributed by atoms with van der Waals surface area (Å²) >= 11 is 0. The first-order valence-corrected chi connectivity index (χ1v) is 12.4. The molecule has 0 unspecified atom stereocenters. The Bertz CT molecular complexity index is 1200. The zero-order valence-electron chi connectivity index (χ0n) is 20.9. The van der Waals surface area contributed by atoms with Crippen LogP contribution >= 0.6 is 0 Å². The first-order chi connectivity index (χ1) is 17.6. The Morgan fingerprint density at radius 1 is 1.03 bits per heavy atom. The number of hydrogen-bond donors (Lipinski definition) is 1. The molecule has 4 rings (SSSR count). The first-order valence-electron chi connectivity index (χ1n) is 12.4. The summed E-state index contributed by atoms with van der Waals surface area (Å²) in [5.41, 5.74) is 1.78. The second-order valence-electron chi connectivity index (χ2n) is 8.75. The molecule has 1 N–H and O–H groups in total. The van der Waals surface area contributed by atoms with Crippen molar-refractivity contribution < 1.29 is 14.3 Å². The van der Waals surface area contributed by atoms with Gasteiger partial charge in [0.1, 0.15) is 17.2 Å². The molecule has 1 aliphatic rings. The lowest BCUT2D eigenvalue weighted by atomic mass is 10.2. The molecule has 0 radical (unpaired) electrons. The number of carbonyl (C=O) groups excluding carboxylic acids is 1. The summed E-state index contributed by atoms with van der Waals surface area (Å²) in [5.74, 6) is 2.01. The molecule has 190 valence electrons. The maximum absolute atomic E-state index is 12.8. The van der Waals surface area contributed by atoms with E-state index in [4.69, 9.17) is 9.47 Å². The highest BCUT2D eigenvalue weighted by Crippen LogP contribution is 2.22. The van der Waals surface area contributed by atoms with E-state index in [9.17, 15) is 9.59 Å². The number of unbranched alkanes of at least 4 members (excludes halogenated alkanes) is 1. The zero-order chi connectivity index (χ0) is 25.3. The number of carbonyl (C=O) groups is 1. The molecule has 1 aromatic heterocycles. The number of aromatic amines is 1. The predicted molar refractivity (Wildman–Crippen MR) is 139 cm³/mol. The quantitative estimate of drug-likeness (QED) is 0.434. The van der Waals surface area contributed by atoms with Crippen molar-refractivity contribution >= 4 is 11.6 Å². The van der Waals surface area contributed by atoms with Crippen molar-refractivity contribution in [1.82, 2.24) is 20.1 Å². The lowest BCUT2D eigenvalue weighted by molar-refractivity contribution is -0.131. The van der Waals surface area contributed by atoms with Crippen molar-refractivity contribution in [2.24, 2.45) is 0 Å². The highest BCUT2D eigenvalue weighted by atomic mass is 16.5. The average molecular weight is 492 g/mol. The van der Waals surface area contributed by atoms with Crippen molar-refractivity contribution in [3.05, 3.63) is 64.6 Å². The van der Waals surface area contributed by atoms with Gasteiger partial charge in [-0.1, -0.05) is 19.4 Å². The molecule has 3 aromatic rings. The number of anilines is 1. The molecule has 0 spiro atoms. The standard InChI is InChI=1S/C27H33N5O4/c1-3-4-18-36-22-10-8-20(9-11-22)26-28-27(34)24(29-30-26)12-13-25(33)32-16-14-31(15-17-32)21-6-5-7-23(19-21)35-2/h5-11,19H,3-4,12-18H2,1-2H3,(H,28,30,34). The number of hydrogen-bond acceptors (Lipinski definition) is 7. The number of rotatable bonds is 10. The fraction of sp³-hybridized carbons (Fsp3) is 0.407. The van der Waals surface area contributed by atoms with Crippen LogP contribution in [-0.2, 0) is 11.2 Å². The molecule has 2 aromatic carbocycles. The van der Waals surface area contributed by atoms with Gasteiger partial charge in [0.25, 0.3) is 5.56 Å². The third-order valence-electron chi connectivity index (χ3n) is 6.29. The molecule has 1 saturated heterocycles. The lowest BCUT2D eigenvalue weighted by Gasteiger charge is -2.36. The van der Waals surface area contributed by atoms with Crippen LogP contribution < -0.4 is 19.9 Å². The molecule has 1 fully saturated rings. The van der Waals surface area contributed by atoms with E-state index in [0.29, 0.717) is 25.5 Å². The largest absolute Gasteiger partial charge is 0.497 e. The van der Waals surface area contributed by atoms with Gasteiger partial charge in [0.2, 0.25) is 5.91 Å². The van der Waals surface area contributed by atoms with Gasteiger partial charge in [-0.05, 0) is 42.8 Å². The number of benzene rings is 2. The Labute approximate surface area is 211 Å². The van der Waals surface area contributed by atoms with Gasteiger partial charge < -0.3 is 24.3 Å². The van der Waals surface area contributed by atoms with E-state index in [-0.39, 0.29) is 30.0 Å². The normalized spacial score (nSPS) is 13.5. The minimum Gasteiger partial charge on any atom is -0.497 e. The molecule has 9 heteroatoms. The third kappa shape index (κ3) is 6.41. The molecule has 1 aliphatic heterocycles. The van der Waals surface area contributed by atoms with Crippen molar-refractivity contribution in [1.29, 1.82) is 0 Å². The lowest BCUT2D eigenvalue weighted by Crippen LogP contribution is -2.48. The highest BCUT2D eigenvalue weighted by Gasteiger charge is 2.22. The van der Waals surface area contributed by atoms with Crippen LogP contribution in [0.25, 0.3) is 11.4 Å². The molecular formula is C27H33N5O4. The fourth-order valence-electron chi connectivity index (χ4n) is 4.10. The van der Waals surface area contributed by atoms with Crippen LogP contribution in [0, 0.1) is 0 Å². The van der Waals surface area contributed by atoms with Gasteiger partial charge in [0.05, 0.1) is 13.7 Å². The van der Waals surface area contributed by atoms with Gasteiger partial charge in [-0.3, -0.25) is 9.59 Å². The summed E-state index contributed by atoms with van der Waals surface area (Å²) in [6.45, 7) is 5.56. The van der Waals surface area contributed by atoms with Crippen molar-refractivity contribution in [3.63, 3.8) is 0 Å². The van der Waals surface area contributed by atoms with Crippen molar-refractivity contribution in [2.75, 3.05) is 44.8 Å². The van der Waals surface area contributed by atoms with Gasteiger partial charge in [-0.2, -0.15) is 0 Å². The Morgan fingerprint density at radius 2 is 1.81 bits per heavy atom. The minimum atomic E-state index is -0.320. The summed E-state index contributed by atoms with van der Waals surface area (Å²) in [5, 5.41) is 8.28. The Balaban J connectivity index is 1.28. The number of amides is 1. The van der Waals surface area contributed by atoms with Crippen molar-refractivity contribution in [2.45, 2.75) is 32.6 Å². The molecule has 9 nitrogen and oxygen atoms in total. The molecule has 36 heavy (non-hydrogen) atoms. The van der Waals surface area contributed by atoms with Gasteiger partial charge >= 0.3 is 0 Å². The van der Waals surface area contributed by atoms with Crippen LogP contribution in [0.1, 0.15) is 31.9 Å². The van der Waals surface area contributed by atoms with E-state index in [0.717, 1.165) is 48.7 Å². The highest BCUT2D eigenvalue weighted by molar-refractivity contribution is 5.76. The first kappa shape index (κ1) is 25.2. The van der Waals surface area contributed by atoms with Crippen LogP contribution in [0.5, 0.6) is 11.5 Å². The number of piperazine rings is 1. The molecular weight excluding hydrogens is 458 g/mol. The maximum Gasteiger partial charge on any atom is 0.273 e. The minimum absolute atomic E-state index is 0.0178.